The first kappa shape index (κ1) is 13.3. The van der Waals surface area contributed by atoms with Crippen LogP contribution in [0.5, 0.6) is 0 Å². The highest BCUT2D eigenvalue weighted by Crippen LogP contribution is 2.25. The monoisotopic (exact) mass is 239 g/mol. The van der Waals surface area contributed by atoms with Crippen molar-refractivity contribution in [2.75, 3.05) is 39.8 Å². The summed E-state index contributed by atoms with van der Waals surface area (Å²) in [6, 6.07) is 0.653. The predicted molar refractivity (Wildman–Crippen MR) is 73.3 cm³/mol. The average Bonchev–Trinajstić information content (AvgIpc) is 2.36. The lowest BCUT2D eigenvalue weighted by Gasteiger charge is -2.31. The SMILES string of the molecule is CN1CCNC(CNCCC2CCCCC2)C1. The van der Waals surface area contributed by atoms with Crippen LogP contribution < -0.4 is 10.6 Å². The van der Waals surface area contributed by atoms with Crippen LogP contribution in [0.2, 0.25) is 0 Å². The summed E-state index contributed by atoms with van der Waals surface area (Å²) in [5.74, 6) is 1.01. The zero-order valence-electron chi connectivity index (χ0n) is 11.4. The Morgan fingerprint density at radius 3 is 2.82 bits per heavy atom. The molecule has 0 aromatic rings. The van der Waals surface area contributed by atoms with Crippen molar-refractivity contribution in [1.82, 2.24) is 15.5 Å². The van der Waals surface area contributed by atoms with Gasteiger partial charge in [0, 0.05) is 32.2 Å². The number of nitrogens with zero attached hydrogens (tertiary/aromatic N) is 1. The third kappa shape index (κ3) is 4.94. The first-order valence-corrected chi connectivity index (χ1v) is 7.47. The van der Waals surface area contributed by atoms with E-state index < -0.39 is 0 Å². The Morgan fingerprint density at radius 2 is 2.06 bits per heavy atom. The fourth-order valence-electron chi connectivity index (χ4n) is 3.19. The molecule has 1 heterocycles. The minimum Gasteiger partial charge on any atom is -0.315 e. The highest BCUT2D eigenvalue weighted by atomic mass is 15.2. The number of hydrogen-bond acceptors (Lipinski definition) is 3. The number of likely N-dealkylation sites (N-methyl/N-ethyl adjacent to an activating group) is 1. The molecule has 1 atom stereocenters. The fraction of sp³-hybridized carbons (Fsp3) is 1.00. The van der Waals surface area contributed by atoms with E-state index in [0.717, 1.165) is 19.0 Å². The summed E-state index contributed by atoms with van der Waals surface area (Å²) in [6.45, 7) is 5.88. The standard InChI is InChI=1S/C14H29N3/c1-17-10-9-16-14(12-17)11-15-8-7-13-5-3-2-4-6-13/h13-16H,2-12H2,1H3. The fourth-order valence-corrected chi connectivity index (χ4v) is 3.19. The molecule has 1 unspecified atom stereocenters. The second-order valence-electron chi connectivity index (χ2n) is 5.91. The molecular formula is C14H29N3. The minimum atomic E-state index is 0.653. The molecule has 2 fully saturated rings. The van der Waals surface area contributed by atoms with Crippen LogP contribution in [0, 0.1) is 5.92 Å². The molecule has 0 spiro atoms. The molecule has 1 aliphatic heterocycles. The Balaban J connectivity index is 1.50. The normalized spacial score (nSPS) is 28.4. The van der Waals surface area contributed by atoms with E-state index in [0.29, 0.717) is 6.04 Å². The van der Waals surface area contributed by atoms with E-state index in [2.05, 4.69) is 22.6 Å². The second-order valence-corrected chi connectivity index (χ2v) is 5.91. The van der Waals surface area contributed by atoms with Crippen molar-refractivity contribution in [3.8, 4) is 0 Å². The maximum absolute atomic E-state index is 3.63. The second kappa shape index (κ2) is 7.34. The van der Waals surface area contributed by atoms with Crippen molar-refractivity contribution in [3.05, 3.63) is 0 Å². The van der Waals surface area contributed by atoms with E-state index in [1.165, 1.54) is 58.2 Å². The molecule has 2 aliphatic rings. The van der Waals surface area contributed by atoms with Gasteiger partial charge in [-0.1, -0.05) is 32.1 Å². The zero-order valence-corrected chi connectivity index (χ0v) is 11.4. The molecule has 0 aromatic heterocycles. The van der Waals surface area contributed by atoms with Crippen molar-refractivity contribution in [1.29, 1.82) is 0 Å². The molecule has 17 heavy (non-hydrogen) atoms. The van der Waals surface area contributed by atoms with E-state index in [4.69, 9.17) is 0 Å². The summed E-state index contributed by atoms with van der Waals surface area (Å²) in [6.07, 6.45) is 8.77. The van der Waals surface area contributed by atoms with Gasteiger partial charge in [0.15, 0.2) is 0 Å². The number of rotatable bonds is 5. The molecule has 100 valence electrons. The van der Waals surface area contributed by atoms with Crippen molar-refractivity contribution in [3.63, 3.8) is 0 Å². The smallest absolute Gasteiger partial charge is 0.0320 e. The molecule has 2 N–H and O–H groups in total. The summed E-state index contributed by atoms with van der Waals surface area (Å²) < 4.78 is 0. The lowest BCUT2D eigenvalue weighted by Crippen LogP contribution is -2.53. The Hall–Kier alpha value is -0.120. The van der Waals surface area contributed by atoms with Gasteiger partial charge >= 0.3 is 0 Å². The zero-order chi connectivity index (χ0) is 11.9. The number of nitrogens with one attached hydrogen (secondary N) is 2. The Morgan fingerprint density at radius 1 is 1.24 bits per heavy atom. The van der Waals surface area contributed by atoms with Gasteiger partial charge in [-0.3, -0.25) is 0 Å². The highest BCUT2D eigenvalue weighted by Gasteiger charge is 2.16. The van der Waals surface area contributed by atoms with Crippen LogP contribution in [0.4, 0.5) is 0 Å². The van der Waals surface area contributed by atoms with Gasteiger partial charge < -0.3 is 15.5 Å². The summed E-state index contributed by atoms with van der Waals surface area (Å²) >= 11 is 0. The van der Waals surface area contributed by atoms with Gasteiger partial charge in [-0.2, -0.15) is 0 Å². The van der Waals surface area contributed by atoms with Crippen molar-refractivity contribution < 1.29 is 0 Å². The van der Waals surface area contributed by atoms with Crippen molar-refractivity contribution >= 4 is 0 Å². The molecule has 0 radical (unpaired) electrons. The van der Waals surface area contributed by atoms with Gasteiger partial charge in [-0.05, 0) is 25.9 Å². The van der Waals surface area contributed by atoms with Crippen molar-refractivity contribution in [2.24, 2.45) is 5.92 Å². The topological polar surface area (TPSA) is 27.3 Å². The molecule has 3 nitrogen and oxygen atoms in total. The van der Waals surface area contributed by atoms with Gasteiger partial charge in [-0.25, -0.2) is 0 Å². The Bertz CT molecular complexity index is 202. The van der Waals surface area contributed by atoms with E-state index in [1.54, 1.807) is 0 Å². The lowest BCUT2D eigenvalue weighted by atomic mass is 9.87. The predicted octanol–water partition coefficient (Wildman–Crippen LogP) is 1.45. The molecule has 0 amide bonds. The largest absolute Gasteiger partial charge is 0.315 e. The van der Waals surface area contributed by atoms with E-state index in [-0.39, 0.29) is 0 Å². The molecule has 0 bridgehead atoms. The van der Waals surface area contributed by atoms with Crippen LogP contribution in [0.25, 0.3) is 0 Å². The third-order valence-electron chi connectivity index (χ3n) is 4.30. The van der Waals surface area contributed by atoms with Crippen LogP contribution in [0.1, 0.15) is 38.5 Å². The van der Waals surface area contributed by atoms with E-state index in [9.17, 15) is 0 Å². The molecular weight excluding hydrogens is 210 g/mol. The summed E-state index contributed by atoms with van der Waals surface area (Å²) in [4.78, 5) is 2.42. The molecule has 1 saturated heterocycles. The molecule has 1 saturated carbocycles. The highest BCUT2D eigenvalue weighted by molar-refractivity contribution is 4.78. The summed E-state index contributed by atoms with van der Waals surface area (Å²) in [7, 11) is 2.22. The van der Waals surface area contributed by atoms with Crippen LogP contribution in [-0.4, -0.2) is 50.7 Å². The van der Waals surface area contributed by atoms with Crippen LogP contribution in [0.15, 0.2) is 0 Å². The average molecular weight is 239 g/mol. The lowest BCUT2D eigenvalue weighted by molar-refractivity contribution is 0.233. The van der Waals surface area contributed by atoms with Gasteiger partial charge in [-0.15, -0.1) is 0 Å². The first-order chi connectivity index (χ1) is 8.34. The first-order valence-electron chi connectivity index (χ1n) is 7.47. The van der Waals surface area contributed by atoms with Gasteiger partial charge in [0.2, 0.25) is 0 Å². The molecule has 3 heteroatoms. The molecule has 2 rings (SSSR count). The quantitative estimate of drug-likeness (QED) is 0.711. The summed E-state index contributed by atoms with van der Waals surface area (Å²) in [5.41, 5.74) is 0. The Labute approximate surface area is 106 Å². The van der Waals surface area contributed by atoms with Crippen LogP contribution in [0.3, 0.4) is 0 Å². The van der Waals surface area contributed by atoms with Gasteiger partial charge in [0.05, 0.1) is 0 Å². The van der Waals surface area contributed by atoms with Gasteiger partial charge in [0.25, 0.3) is 0 Å². The van der Waals surface area contributed by atoms with Gasteiger partial charge in [0.1, 0.15) is 0 Å². The maximum Gasteiger partial charge on any atom is 0.0320 e. The number of piperazine rings is 1. The minimum absolute atomic E-state index is 0.653. The van der Waals surface area contributed by atoms with Crippen molar-refractivity contribution in [2.45, 2.75) is 44.6 Å². The maximum atomic E-state index is 3.63. The molecule has 0 aromatic carbocycles. The molecule has 1 aliphatic carbocycles. The summed E-state index contributed by atoms with van der Waals surface area (Å²) in [5, 5.41) is 7.22. The van der Waals surface area contributed by atoms with Crippen LogP contribution >= 0.6 is 0 Å². The third-order valence-corrected chi connectivity index (χ3v) is 4.30. The number of hydrogen-bond donors (Lipinski definition) is 2. The van der Waals surface area contributed by atoms with E-state index >= 15 is 0 Å². The van der Waals surface area contributed by atoms with E-state index in [1.807, 2.05) is 0 Å². The van der Waals surface area contributed by atoms with Crippen LogP contribution in [-0.2, 0) is 0 Å². The Kier molecular flexibility index (Phi) is 5.75.